The van der Waals surface area contributed by atoms with Gasteiger partial charge in [0.1, 0.15) is 6.07 Å². The minimum Gasteiger partial charge on any atom is -0.461 e. The van der Waals surface area contributed by atoms with Crippen molar-refractivity contribution in [2.45, 2.75) is 6.92 Å². The van der Waals surface area contributed by atoms with Gasteiger partial charge in [-0.1, -0.05) is 0 Å². The maximum Gasteiger partial charge on any atom is 0.369 e. The van der Waals surface area contributed by atoms with Gasteiger partial charge in [0.15, 0.2) is 0 Å². The Morgan fingerprint density at radius 2 is 2.10 bits per heavy atom. The van der Waals surface area contributed by atoms with Gasteiger partial charge >= 0.3 is 5.97 Å². The summed E-state index contributed by atoms with van der Waals surface area (Å²) in [5.74, 6) is -0.816. The maximum atomic E-state index is 11.4. The maximum absolute atomic E-state index is 11.4. The molecular weight excluding hydrogens is 264 g/mol. The summed E-state index contributed by atoms with van der Waals surface area (Å²) in [5, 5.41) is 24.4. The number of rotatable bonds is 5. The normalized spacial score (nSPS) is 10.6. The molecule has 0 aliphatic heterocycles. The minimum atomic E-state index is -0.816. The van der Waals surface area contributed by atoms with Crippen LogP contribution in [0, 0.1) is 21.4 Å². The first kappa shape index (κ1) is 15.1. The molecular formula is C12H12N4O4. The van der Waals surface area contributed by atoms with Crippen LogP contribution in [0.3, 0.4) is 0 Å². The zero-order chi connectivity index (χ0) is 15.1. The molecule has 8 nitrogen and oxygen atoms in total. The fraction of sp³-hybridized carbons (Fsp3) is 0.250. The molecule has 0 saturated heterocycles. The molecule has 0 aliphatic carbocycles. The first-order chi connectivity index (χ1) is 9.49. The van der Waals surface area contributed by atoms with Gasteiger partial charge in [0.2, 0.25) is 5.71 Å². The standard InChI is InChI=1S/C12H12N4O4/c1-3-20-12(17)11(8-13)14-15(2)9-4-6-10(7-5-9)16(18)19/h4-7H,3H2,1-2H3/b14-11+. The van der Waals surface area contributed by atoms with E-state index in [-0.39, 0.29) is 12.3 Å². The Kier molecular flexibility index (Phi) is 5.17. The summed E-state index contributed by atoms with van der Waals surface area (Å²) in [4.78, 5) is 21.4. The lowest BCUT2D eigenvalue weighted by Gasteiger charge is -2.12. The van der Waals surface area contributed by atoms with E-state index in [1.165, 1.54) is 36.3 Å². The molecule has 0 aliphatic rings. The molecule has 0 saturated carbocycles. The van der Waals surface area contributed by atoms with E-state index in [1.807, 2.05) is 0 Å². The highest BCUT2D eigenvalue weighted by atomic mass is 16.6. The Morgan fingerprint density at radius 1 is 1.50 bits per heavy atom. The van der Waals surface area contributed by atoms with Crippen LogP contribution in [0.1, 0.15) is 6.92 Å². The number of hydrogen-bond donors (Lipinski definition) is 0. The van der Waals surface area contributed by atoms with Crippen LogP contribution in [0.25, 0.3) is 0 Å². The minimum absolute atomic E-state index is 0.0583. The van der Waals surface area contributed by atoms with E-state index in [4.69, 9.17) is 5.26 Å². The van der Waals surface area contributed by atoms with E-state index in [1.54, 1.807) is 13.0 Å². The number of nitro groups is 1. The highest BCUT2D eigenvalue weighted by molar-refractivity contribution is 6.43. The Bertz CT molecular complexity index is 574. The molecule has 0 fully saturated rings. The summed E-state index contributed by atoms with van der Waals surface area (Å²) in [7, 11) is 1.51. The van der Waals surface area contributed by atoms with Crippen molar-refractivity contribution in [2.24, 2.45) is 5.10 Å². The van der Waals surface area contributed by atoms with Crippen molar-refractivity contribution in [2.75, 3.05) is 18.7 Å². The monoisotopic (exact) mass is 276 g/mol. The largest absolute Gasteiger partial charge is 0.461 e. The number of non-ortho nitro benzene ring substituents is 1. The number of benzene rings is 1. The SMILES string of the molecule is CCOC(=O)/C(C#N)=N/N(C)c1ccc([N+](=O)[O-])cc1. The van der Waals surface area contributed by atoms with Crippen LogP contribution in [0.4, 0.5) is 11.4 Å². The highest BCUT2D eigenvalue weighted by Crippen LogP contribution is 2.18. The summed E-state index contributed by atoms with van der Waals surface area (Å²) < 4.78 is 4.67. The van der Waals surface area contributed by atoms with E-state index in [2.05, 4.69) is 9.84 Å². The van der Waals surface area contributed by atoms with Gasteiger partial charge in [0.05, 0.1) is 17.2 Å². The lowest BCUT2D eigenvalue weighted by atomic mass is 10.3. The van der Waals surface area contributed by atoms with Gasteiger partial charge in [-0.05, 0) is 19.1 Å². The van der Waals surface area contributed by atoms with Crippen LogP contribution in [0.15, 0.2) is 29.4 Å². The van der Waals surface area contributed by atoms with Crippen molar-refractivity contribution in [3.05, 3.63) is 34.4 Å². The molecule has 0 N–H and O–H groups in total. The molecule has 104 valence electrons. The fourth-order valence-corrected chi connectivity index (χ4v) is 1.31. The third kappa shape index (κ3) is 3.78. The first-order valence-corrected chi connectivity index (χ1v) is 5.63. The quantitative estimate of drug-likeness (QED) is 0.348. The highest BCUT2D eigenvalue weighted by Gasteiger charge is 2.14. The number of nitriles is 1. The second-order valence-corrected chi connectivity index (χ2v) is 3.58. The van der Waals surface area contributed by atoms with Crippen molar-refractivity contribution in [3.8, 4) is 6.07 Å². The Hall–Kier alpha value is -2.95. The van der Waals surface area contributed by atoms with Gasteiger partial charge in [-0.25, -0.2) is 4.79 Å². The predicted octanol–water partition coefficient (Wildman–Crippen LogP) is 1.47. The van der Waals surface area contributed by atoms with Gasteiger partial charge in [-0.15, -0.1) is 0 Å². The number of ether oxygens (including phenoxy) is 1. The van der Waals surface area contributed by atoms with Crippen LogP contribution in [0.2, 0.25) is 0 Å². The lowest BCUT2D eigenvalue weighted by molar-refractivity contribution is -0.384. The molecule has 0 radical (unpaired) electrons. The van der Waals surface area contributed by atoms with Crippen LogP contribution in [-0.4, -0.2) is 30.3 Å². The average molecular weight is 276 g/mol. The van der Waals surface area contributed by atoms with Crippen molar-refractivity contribution >= 4 is 23.1 Å². The molecule has 0 atom stereocenters. The second kappa shape index (κ2) is 6.84. The smallest absolute Gasteiger partial charge is 0.369 e. The number of nitrogens with zero attached hydrogens (tertiary/aromatic N) is 4. The lowest BCUT2D eigenvalue weighted by Crippen LogP contribution is -2.21. The summed E-state index contributed by atoms with van der Waals surface area (Å²) in [6, 6.07) is 7.17. The average Bonchev–Trinajstić information content (AvgIpc) is 2.44. The molecule has 0 unspecified atom stereocenters. The first-order valence-electron chi connectivity index (χ1n) is 5.63. The zero-order valence-electron chi connectivity index (χ0n) is 10.9. The molecule has 1 rings (SSSR count). The van der Waals surface area contributed by atoms with E-state index in [9.17, 15) is 14.9 Å². The van der Waals surface area contributed by atoms with Gasteiger partial charge in [-0.2, -0.15) is 10.4 Å². The van der Waals surface area contributed by atoms with Crippen molar-refractivity contribution in [3.63, 3.8) is 0 Å². The number of nitro benzene ring substituents is 1. The van der Waals surface area contributed by atoms with Crippen LogP contribution in [-0.2, 0) is 9.53 Å². The molecule has 1 aromatic rings. The Balaban J connectivity index is 2.93. The number of hydrogen-bond acceptors (Lipinski definition) is 7. The second-order valence-electron chi connectivity index (χ2n) is 3.58. The predicted molar refractivity (Wildman–Crippen MR) is 71.2 cm³/mol. The molecule has 0 bridgehead atoms. The number of esters is 1. The number of anilines is 1. The molecule has 20 heavy (non-hydrogen) atoms. The van der Waals surface area contributed by atoms with E-state index in [0.29, 0.717) is 5.69 Å². The molecule has 1 aromatic carbocycles. The molecule has 0 aromatic heterocycles. The van der Waals surface area contributed by atoms with Gasteiger partial charge in [0, 0.05) is 19.2 Å². The van der Waals surface area contributed by atoms with Crippen LogP contribution < -0.4 is 5.01 Å². The van der Waals surface area contributed by atoms with E-state index >= 15 is 0 Å². The molecule has 8 heteroatoms. The van der Waals surface area contributed by atoms with E-state index < -0.39 is 16.6 Å². The number of carbonyl (C=O) groups is 1. The van der Waals surface area contributed by atoms with Crippen LogP contribution >= 0.6 is 0 Å². The zero-order valence-corrected chi connectivity index (χ0v) is 10.9. The third-order valence-corrected chi connectivity index (χ3v) is 2.26. The summed E-state index contributed by atoms with van der Waals surface area (Å²) in [6.45, 7) is 1.76. The molecule has 0 amide bonds. The number of carbonyl (C=O) groups excluding carboxylic acids is 1. The van der Waals surface area contributed by atoms with Crippen molar-refractivity contribution < 1.29 is 14.5 Å². The summed E-state index contributed by atoms with van der Waals surface area (Å²) in [5.41, 5.74) is 0.0392. The Morgan fingerprint density at radius 3 is 2.55 bits per heavy atom. The number of hydrazone groups is 1. The van der Waals surface area contributed by atoms with Gasteiger partial charge in [0.25, 0.3) is 5.69 Å². The van der Waals surface area contributed by atoms with Gasteiger partial charge < -0.3 is 4.74 Å². The van der Waals surface area contributed by atoms with Crippen molar-refractivity contribution in [1.82, 2.24) is 0 Å². The van der Waals surface area contributed by atoms with Gasteiger partial charge in [-0.3, -0.25) is 15.1 Å². The molecule has 0 heterocycles. The Labute approximate surface area is 115 Å². The van der Waals surface area contributed by atoms with Crippen LogP contribution in [0.5, 0.6) is 0 Å². The summed E-state index contributed by atoms with van der Waals surface area (Å²) >= 11 is 0. The molecule has 0 spiro atoms. The topological polar surface area (TPSA) is 109 Å². The third-order valence-electron chi connectivity index (χ3n) is 2.26. The fourth-order valence-electron chi connectivity index (χ4n) is 1.31. The van der Waals surface area contributed by atoms with Crippen molar-refractivity contribution in [1.29, 1.82) is 5.26 Å². The summed E-state index contributed by atoms with van der Waals surface area (Å²) in [6.07, 6.45) is 0. The van der Waals surface area contributed by atoms with E-state index in [0.717, 1.165) is 0 Å².